The van der Waals surface area contributed by atoms with Crippen LogP contribution >= 0.6 is 24.2 Å². The predicted octanol–water partition coefficient (Wildman–Crippen LogP) is 1.96. The largest absolute Gasteiger partial charge is 0.361 e. The first kappa shape index (κ1) is 13.0. The van der Waals surface area contributed by atoms with Crippen molar-refractivity contribution in [3.63, 3.8) is 0 Å². The Morgan fingerprint density at radius 1 is 1.25 bits per heavy atom. The monoisotopic (exact) mass is 307 g/mol. The molecule has 2 aromatic heterocycles. The van der Waals surface area contributed by atoms with Gasteiger partial charge in [0.05, 0.1) is 11.0 Å². The minimum atomic E-state index is -0.165. The summed E-state index contributed by atoms with van der Waals surface area (Å²) in [5.41, 5.74) is 1.55. The molecule has 0 fully saturated rings. The fourth-order valence-corrected chi connectivity index (χ4v) is 2.91. The Labute approximate surface area is 123 Å². The van der Waals surface area contributed by atoms with Crippen molar-refractivity contribution in [2.24, 2.45) is 0 Å². The minimum absolute atomic E-state index is 0. The molecule has 0 aliphatic carbocycles. The Hall–Kier alpha value is -1.99. The zero-order chi connectivity index (χ0) is 12.8. The third-order valence-electron chi connectivity index (χ3n) is 3.07. The number of aromatic amines is 1. The van der Waals surface area contributed by atoms with Crippen molar-refractivity contribution < 1.29 is 0 Å². The number of hydrogen-bond acceptors (Lipinski definition) is 5. The van der Waals surface area contributed by atoms with Crippen LogP contribution in [0.3, 0.4) is 0 Å². The van der Waals surface area contributed by atoms with Gasteiger partial charge in [-0.3, -0.25) is 9.89 Å². The highest BCUT2D eigenvalue weighted by molar-refractivity contribution is 8.02. The van der Waals surface area contributed by atoms with Crippen LogP contribution in [0.2, 0.25) is 0 Å². The van der Waals surface area contributed by atoms with E-state index in [1.54, 1.807) is 0 Å². The van der Waals surface area contributed by atoms with Crippen LogP contribution in [-0.2, 0) is 0 Å². The van der Waals surface area contributed by atoms with Crippen molar-refractivity contribution in [3.8, 4) is 0 Å². The molecule has 0 bridgehead atoms. The van der Waals surface area contributed by atoms with Crippen molar-refractivity contribution in [1.29, 1.82) is 0 Å². The normalized spacial score (nSPS) is 17.3. The first-order valence-electron chi connectivity index (χ1n) is 5.77. The molecule has 0 amide bonds. The quantitative estimate of drug-likeness (QED) is 0.719. The summed E-state index contributed by atoms with van der Waals surface area (Å²) in [6, 6.07) is 7.63. The van der Waals surface area contributed by atoms with Crippen LogP contribution in [0.25, 0.3) is 21.9 Å². The Bertz CT molecular complexity index is 863. The van der Waals surface area contributed by atoms with Gasteiger partial charge in [-0.15, -0.1) is 22.6 Å². The minimum Gasteiger partial charge on any atom is -0.361 e. The van der Waals surface area contributed by atoms with E-state index < -0.39 is 0 Å². The summed E-state index contributed by atoms with van der Waals surface area (Å²) < 4.78 is 1.54. The number of aromatic nitrogens is 4. The van der Waals surface area contributed by atoms with Crippen LogP contribution in [-0.4, -0.2) is 20.0 Å². The number of halogens is 1. The second-order valence-corrected chi connectivity index (χ2v) is 5.18. The van der Waals surface area contributed by atoms with Crippen molar-refractivity contribution >= 4 is 46.1 Å². The van der Waals surface area contributed by atoms with Gasteiger partial charge in [0.2, 0.25) is 0 Å². The third kappa shape index (κ3) is 1.78. The number of nitrogens with zero attached hydrogens (tertiary/aromatic N) is 3. The van der Waals surface area contributed by atoms with E-state index >= 15 is 0 Å². The molecule has 0 saturated heterocycles. The lowest BCUT2D eigenvalue weighted by atomic mass is 10.2. The summed E-state index contributed by atoms with van der Waals surface area (Å²) in [6.07, 6.45) is 1.82. The van der Waals surface area contributed by atoms with E-state index in [2.05, 4.69) is 20.6 Å². The molecular formula is C12H10ClN5OS. The molecule has 1 aliphatic heterocycles. The highest BCUT2D eigenvalue weighted by atomic mass is 35.5. The molecule has 0 saturated carbocycles. The molecular weight excluding hydrogens is 298 g/mol. The van der Waals surface area contributed by atoms with Gasteiger partial charge in [-0.25, -0.2) is 4.68 Å². The van der Waals surface area contributed by atoms with E-state index in [9.17, 15) is 4.79 Å². The first-order chi connectivity index (χ1) is 9.34. The van der Waals surface area contributed by atoms with Gasteiger partial charge in [0.25, 0.3) is 5.56 Å². The lowest BCUT2D eigenvalue weighted by Gasteiger charge is -2.09. The Morgan fingerprint density at radius 2 is 2.10 bits per heavy atom. The van der Waals surface area contributed by atoms with Gasteiger partial charge in [0, 0.05) is 11.6 Å². The molecule has 1 aliphatic rings. The number of rotatable bonds is 1. The Balaban J connectivity index is 0.00000121. The molecule has 1 unspecified atom stereocenters. The topological polar surface area (TPSA) is 75.6 Å². The van der Waals surface area contributed by atoms with E-state index in [0.29, 0.717) is 5.52 Å². The smallest absolute Gasteiger partial charge is 0.297 e. The van der Waals surface area contributed by atoms with Crippen molar-refractivity contribution in [3.05, 3.63) is 46.2 Å². The molecule has 8 heteroatoms. The van der Waals surface area contributed by atoms with Crippen LogP contribution in [0, 0.1) is 0 Å². The van der Waals surface area contributed by atoms with Crippen LogP contribution in [0.5, 0.6) is 0 Å². The maximum Gasteiger partial charge on any atom is 0.297 e. The fourth-order valence-electron chi connectivity index (χ4n) is 2.18. The number of fused-ring (bicyclic) bond motifs is 3. The van der Waals surface area contributed by atoms with Gasteiger partial charge in [-0.2, -0.15) is 0 Å². The predicted molar refractivity (Wildman–Crippen MR) is 81.8 cm³/mol. The van der Waals surface area contributed by atoms with Gasteiger partial charge >= 0.3 is 0 Å². The molecule has 1 atom stereocenters. The van der Waals surface area contributed by atoms with Crippen molar-refractivity contribution in [2.45, 2.75) is 5.50 Å². The highest BCUT2D eigenvalue weighted by Crippen LogP contribution is 2.25. The van der Waals surface area contributed by atoms with Crippen LogP contribution in [0.4, 0.5) is 0 Å². The van der Waals surface area contributed by atoms with Gasteiger partial charge in [-0.05, 0) is 11.5 Å². The zero-order valence-electron chi connectivity index (χ0n) is 10.1. The van der Waals surface area contributed by atoms with E-state index in [4.69, 9.17) is 0 Å². The average Bonchev–Trinajstić information content (AvgIpc) is 3.07. The molecule has 0 radical (unpaired) electrons. The second-order valence-electron chi connectivity index (χ2n) is 4.19. The third-order valence-corrected chi connectivity index (χ3v) is 3.97. The summed E-state index contributed by atoms with van der Waals surface area (Å²) in [7, 11) is 0. The molecule has 4 rings (SSSR count). The van der Waals surface area contributed by atoms with Crippen molar-refractivity contribution in [1.82, 2.24) is 25.3 Å². The molecule has 2 N–H and O–H groups in total. The highest BCUT2D eigenvalue weighted by Gasteiger charge is 2.19. The van der Waals surface area contributed by atoms with Crippen LogP contribution in [0.1, 0.15) is 5.50 Å². The number of benzene rings is 1. The summed E-state index contributed by atoms with van der Waals surface area (Å²) in [4.78, 5) is 12.3. The van der Waals surface area contributed by atoms with Crippen LogP contribution < -0.4 is 10.9 Å². The maximum absolute atomic E-state index is 12.3. The van der Waals surface area contributed by atoms with Gasteiger partial charge in [-0.1, -0.05) is 30.0 Å². The number of hydrogen-bond donors (Lipinski definition) is 2. The van der Waals surface area contributed by atoms with E-state index in [1.807, 2.05) is 35.9 Å². The molecule has 0 spiro atoms. The van der Waals surface area contributed by atoms with E-state index in [0.717, 1.165) is 16.4 Å². The fraction of sp³-hybridized carbons (Fsp3) is 0.0833. The number of thioether (sulfide) groups is 1. The Kier molecular flexibility index (Phi) is 3.15. The van der Waals surface area contributed by atoms with E-state index in [-0.39, 0.29) is 23.5 Å². The van der Waals surface area contributed by atoms with Crippen LogP contribution in [0.15, 0.2) is 40.7 Å². The van der Waals surface area contributed by atoms with Gasteiger partial charge in [0.15, 0.2) is 11.0 Å². The molecule has 1 aromatic carbocycles. The molecule has 102 valence electrons. The maximum atomic E-state index is 12.3. The zero-order valence-corrected chi connectivity index (χ0v) is 11.7. The summed E-state index contributed by atoms with van der Waals surface area (Å²) in [6.45, 7) is 0. The average molecular weight is 308 g/mol. The van der Waals surface area contributed by atoms with Gasteiger partial charge < -0.3 is 5.32 Å². The summed E-state index contributed by atoms with van der Waals surface area (Å²) in [5.74, 6) is 0. The van der Waals surface area contributed by atoms with E-state index in [1.165, 1.54) is 16.4 Å². The molecule has 3 heterocycles. The SMILES string of the molecule is Cl.O=c1c2nnc3ccccc3c2[nH]n1C1NC=CS1. The molecule has 3 aromatic rings. The second kappa shape index (κ2) is 4.84. The lowest BCUT2D eigenvalue weighted by Crippen LogP contribution is -2.26. The van der Waals surface area contributed by atoms with Gasteiger partial charge in [0.1, 0.15) is 0 Å². The summed E-state index contributed by atoms with van der Waals surface area (Å²) in [5, 5.41) is 17.1. The first-order valence-corrected chi connectivity index (χ1v) is 6.71. The number of H-pyrrole nitrogens is 1. The lowest BCUT2D eigenvalue weighted by molar-refractivity contribution is 0.554. The number of nitrogens with one attached hydrogen (secondary N) is 2. The molecule has 20 heavy (non-hydrogen) atoms. The Morgan fingerprint density at radius 3 is 2.90 bits per heavy atom. The standard InChI is InChI=1S/C12H9N5OS.ClH/c18-11-10-9(16-17(11)12-13-5-6-19-12)7-3-1-2-4-8(7)14-15-10;/h1-6,12-13,16H;1H. The van der Waals surface area contributed by atoms with Crippen molar-refractivity contribution in [2.75, 3.05) is 0 Å². The molecule has 6 nitrogen and oxygen atoms in total. The summed E-state index contributed by atoms with van der Waals surface area (Å²) >= 11 is 1.52.